The second-order valence-electron chi connectivity index (χ2n) is 12.7. The number of aromatic nitrogens is 2. The molecule has 3 heterocycles. The van der Waals surface area contributed by atoms with Crippen molar-refractivity contribution in [3.63, 3.8) is 0 Å². The number of carbonyl (C=O) groups excluding carboxylic acids is 1. The number of benzene rings is 1. The van der Waals surface area contributed by atoms with Crippen LogP contribution in [0.2, 0.25) is 0 Å². The minimum absolute atomic E-state index is 0.0164. The molecule has 10 nitrogen and oxygen atoms in total. The molecular weight excluding hydrogens is 582 g/mol. The number of hydrogen-bond donors (Lipinski definition) is 1. The fourth-order valence-corrected chi connectivity index (χ4v) is 6.54. The van der Waals surface area contributed by atoms with Crippen LogP contribution < -0.4 is 10.5 Å². The number of nitroso groups, excluding NO2 is 1. The summed E-state index contributed by atoms with van der Waals surface area (Å²) < 4.78 is 19.1. The first-order valence-corrected chi connectivity index (χ1v) is 16.4. The maximum absolute atomic E-state index is 11.9. The van der Waals surface area contributed by atoms with Crippen LogP contribution in [0.25, 0.3) is 5.82 Å². The van der Waals surface area contributed by atoms with Crippen molar-refractivity contribution in [2.45, 2.75) is 97.9 Å². The molecule has 1 fully saturated rings. The van der Waals surface area contributed by atoms with Crippen LogP contribution in [0.3, 0.4) is 0 Å². The number of nitrogens with zero attached hydrogens (tertiary/aromatic N) is 4. The monoisotopic (exact) mass is 629 g/mol. The Hall–Kier alpha value is -4.02. The molecule has 5 rings (SSSR count). The van der Waals surface area contributed by atoms with Gasteiger partial charge < -0.3 is 19.9 Å². The summed E-state index contributed by atoms with van der Waals surface area (Å²) in [7, 11) is 0. The molecule has 46 heavy (non-hydrogen) atoms. The Balaban J connectivity index is 1.18. The first kappa shape index (κ1) is 33.3. The molecule has 1 saturated heterocycles. The standard InChI is InChI=1S/C36H47N5O5/c1-24(2)46-36-31(35(42)39-43)21-38-41(36)33(37)12-7-5-6-10-28-11-8-9-25(3)34(28)45-23-27-19-26(4)32-22-40(16-13-29(32)20-27)30-14-17-44-18-15-30/h5-6,11-12,19-21,24,30H,7-10,13-18,22-23,37H2,1-4H3/b6-5-,33-12+. The van der Waals surface area contributed by atoms with E-state index in [4.69, 9.17) is 19.9 Å². The van der Waals surface area contributed by atoms with E-state index in [0.29, 0.717) is 24.9 Å². The minimum Gasteiger partial charge on any atom is -0.489 e. The Morgan fingerprint density at radius 2 is 2.00 bits per heavy atom. The maximum atomic E-state index is 11.9. The largest absolute Gasteiger partial charge is 0.489 e. The number of aryl methyl sites for hydroxylation is 1. The van der Waals surface area contributed by atoms with Gasteiger partial charge in [0.1, 0.15) is 23.8 Å². The summed E-state index contributed by atoms with van der Waals surface area (Å²) in [6.45, 7) is 12.5. The topological polar surface area (TPSA) is 121 Å². The smallest absolute Gasteiger partial charge is 0.323 e. The zero-order valence-electron chi connectivity index (χ0n) is 27.6. The van der Waals surface area contributed by atoms with Crippen molar-refractivity contribution < 1.29 is 19.0 Å². The summed E-state index contributed by atoms with van der Waals surface area (Å²) in [6.07, 6.45) is 15.9. The lowest BCUT2D eigenvalue weighted by Crippen LogP contribution is -2.42. The Bertz CT molecular complexity index is 1540. The summed E-state index contributed by atoms with van der Waals surface area (Å²) in [5.74, 6) is 0.452. The molecule has 2 aliphatic heterocycles. The van der Waals surface area contributed by atoms with Gasteiger partial charge in [-0.2, -0.15) is 9.78 Å². The van der Waals surface area contributed by atoms with Crippen LogP contribution in [0.1, 0.15) is 91.9 Å². The number of rotatable bonds is 12. The Labute approximate surface area is 271 Å². The molecule has 0 unspecified atom stereocenters. The van der Waals surface area contributed by atoms with Crippen LogP contribution in [-0.4, -0.2) is 52.5 Å². The lowest BCUT2D eigenvalue weighted by Gasteiger charge is -2.38. The van der Waals surface area contributed by atoms with Crippen LogP contribution in [0.4, 0.5) is 0 Å². The van der Waals surface area contributed by atoms with Gasteiger partial charge in [0.2, 0.25) is 5.88 Å². The fourth-order valence-electron chi connectivity index (χ4n) is 6.54. The van der Waals surface area contributed by atoms with E-state index in [1.807, 2.05) is 19.9 Å². The van der Waals surface area contributed by atoms with Gasteiger partial charge in [0.25, 0.3) is 0 Å². The van der Waals surface area contributed by atoms with E-state index in [2.05, 4.69) is 53.3 Å². The Morgan fingerprint density at radius 3 is 2.76 bits per heavy atom. The molecule has 0 bridgehead atoms. The van der Waals surface area contributed by atoms with Crippen molar-refractivity contribution in [3.05, 3.63) is 92.3 Å². The van der Waals surface area contributed by atoms with Gasteiger partial charge in [0.15, 0.2) is 0 Å². The SMILES string of the molecule is CC1=C(OCc2cc(C)c3c(c2)CCN(C2CCOCC2)C3)C(C/C=C\C/C=C(\N)n2ncc(C(=O)N=O)c2OC(C)C)=CCC1. The molecule has 0 atom stereocenters. The normalized spacial score (nSPS) is 18.2. The Kier molecular flexibility index (Phi) is 11.2. The zero-order chi connectivity index (χ0) is 32.6. The van der Waals surface area contributed by atoms with Crippen molar-refractivity contribution in [1.29, 1.82) is 0 Å². The summed E-state index contributed by atoms with van der Waals surface area (Å²) in [5, 5.41) is 6.63. The minimum atomic E-state index is -0.948. The summed E-state index contributed by atoms with van der Waals surface area (Å²) >= 11 is 0. The van der Waals surface area contributed by atoms with Gasteiger partial charge >= 0.3 is 5.91 Å². The van der Waals surface area contributed by atoms with Crippen molar-refractivity contribution in [1.82, 2.24) is 14.7 Å². The summed E-state index contributed by atoms with van der Waals surface area (Å²) in [5.41, 5.74) is 14.3. The number of fused-ring (bicyclic) bond motifs is 1. The van der Waals surface area contributed by atoms with E-state index < -0.39 is 5.91 Å². The average Bonchev–Trinajstić information content (AvgIpc) is 3.47. The number of amides is 1. The second-order valence-corrected chi connectivity index (χ2v) is 12.7. The van der Waals surface area contributed by atoms with Gasteiger partial charge in [0.05, 0.1) is 12.3 Å². The van der Waals surface area contributed by atoms with Crippen LogP contribution in [0.5, 0.6) is 5.88 Å². The van der Waals surface area contributed by atoms with E-state index in [0.717, 1.165) is 70.6 Å². The van der Waals surface area contributed by atoms with Crippen LogP contribution >= 0.6 is 0 Å². The molecule has 2 aromatic rings. The molecule has 1 amide bonds. The Morgan fingerprint density at radius 1 is 1.20 bits per heavy atom. The van der Waals surface area contributed by atoms with Gasteiger partial charge in [0, 0.05) is 37.5 Å². The number of allylic oxidation sites excluding steroid dienone is 6. The van der Waals surface area contributed by atoms with Crippen LogP contribution in [0.15, 0.2) is 64.7 Å². The highest BCUT2D eigenvalue weighted by atomic mass is 16.5. The van der Waals surface area contributed by atoms with Gasteiger partial charge in [-0.3, -0.25) is 9.69 Å². The molecule has 1 aromatic carbocycles. The van der Waals surface area contributed by atoms with Gasteiger partial charge in [-0.15, -0.1) is 4.91 Å². The van der Waals surface area contributed by atoms with Crippen molar-refractivity contribution in [2.24, 2.45) is 10.9 Å². The molecule has 3 aliphatic rings. The molecule has 1 aromatic heterocycles. The first-order chi connectivity index (χ1) is 22.2. The summed E-state index contributed by atoms with van der Waals surface area (Å²) in [6, 6.07) is 5.30. The number of hydrogen-bond acceptors (Lipinski definition) is 8. The predicted octanol–water partition coefficient (Wildman–Crippen LogP) is 6.73. The van der Waals surface area contributed by atoms with E-state index in [1.165, 1.54) is 44.3 Å². The van der Waals surface area contributed by atoms with Crippen molar-refractivity contribution >= 4 is 11.7 Å². The maximum Gasteiger partial charge on any atom is 0.323 e. The van der Waals surface area contributed by atoms with Gasteiger partial charge in [-0.05, 0) is 112 Å². The third-order valence-corrected chi connectivity index (χ3v) is 8.93. The molecular formula is C36H47N5O5. The molecule has 1 aliphatic carbocycles. The molecule has 0 saturated carbocycles. The van der Waals surface area contributed by atoms with E-state index in [-0.39, 0.29) is 17.5 Å². The van der Waals surface area contributed by atoms with Crippen molar-refractivity contribution in [2.75, 3.05) is 19.8 Å². The molecule has 246 valence electrons. The highest BCUT2D eigenvalue weighted by molar-refractivity contribution is 5.97. The van der Waals surface area contributed by atoms with E-state index in [1.54, 1.807) is 6.08 Å². The first-order valence-electron chi connectivity index (χ1n) is 16.4. The number of nitrogens with two attached hydrogens (primary N) is 1. The van der Waals surface area contributed by atoms with Gasteiger partial charge in [-0.25, -0.2) is 0 Å². The third-order valence-electron chi connectivity index (χ3n) is 8.93. The van der Waals surface area contributed by atoms with Crippen LogP contribution in [0, 0.1) is 11.8 Å². The van der Waals surface area contributed by atoms with Crippen LogP contribution in [-0.2, 0) is 29.0 Å². The highest BCUT2D eigenvalue weighted by Crippen LogP contribution is 2.32. The second kappa shape index (κ2) is 15.5. The molecule has 0 radical (unpaired) electrons. The van der Waals surface area contributed by atoms with E-state index >= 15 is 0 Å². The summed E-state index contributed by atoms with van der Waals surface area (Å²) in [4.78, 5) is 25.4. The molecule has 10 heteroatoms. The molecule has 2 N–H and O–H groups in total. The fraction of sp³-hybridized carbons (Fsp3) is 0.500. The zero-order valence-corrected chi connectivity index (χ0v) is 27.6. The quantitative estimate of drug-likeness (QED) is 0.203. The van der Waals surface area contributed by atoms with Crippen molar-refractivity contribution in [3.8, 4) is 5.88 Å². The highest BCUT2D eigenvalue weighted by Gasteiger charge is 2.27. The van der Waals surface area contributed by atoms with E-state index in [9.17, 15) is 9.70 Å². The predicted molar refractivity (Wildman–Crippen MR) is 179 cm³/mol. The third kappa shape index (κ3) is 8.03. The average molecular weight is 630 g/mol. The number of carbonyl (C=O) groups is 1. The lowest BCUT2D eigenvalue weighted by molar-refractivity contribution is 0.0289. The molecule has 0 spiro atoms. The lowest BCUT2D eigenvalue weighted by atomic mass is 9.91. The van der Waals surface area contributed by atoms with Gasteiger partial charge in [-0.1, -0.05) is 30.4 Å². The number of ether oxygens (including phenoxy) is 3.